The molecule has 6 nitrogen and oxygen atoms in total. The van der Waals surface area contributed by atoms with Crippen molar-refractivity contribution >= 4 is 34.3 Å². The first-order valence-corrected chi connectivity index (χ1v) is 7.47. The summed E-state index contributed by atoms with van der Waals surface area (Å²) in [5, 5.41) is 8.82. The molecule has 2 aromatic carbocycles. The minimum Gasteiger partial charge on any atom is -0.451 e. The van der Waals surface area contributed by atoms with Gasteiger partial charge in [-0.05, 0) is 31.2 Å². The van der Waals surface area contributed by atoms with E-state index in [4.69, 9.17) is 4.42 Å². The molecule has 0 spiro atoms. The molecular formula is C18H17N3O3. The minimum absolute atomic E-state index is 0.279. The first-order chi connectivity index (χ1) is 11.6. The zero-order valence-corrected chi connectivity index (χ0v) is 13.3. The molecule has 3 rings (SSSR count). The lowest BCUT2D eigenvalue weighted by Gasteiger charge is -2.08. The fourth-order valence-corrected chi connectivity index (χ4v) is 2.45. The van der Waals surface area contributed by atoms with Crippen LogP contribution in [-0.4, -0.2) is 19.0 Å². The number of aryl methyl sites for hydroxylation is 1. The van der Waals surface area contributed by atoms with E-state index in [-0.39, 0.29) is 17.7 Å². The van der Waals surface area contributed by atoms with Crippen molar-refractivity contribution in [2.75, 3.05) is 17.7 Å². The summed E-state index contributed by atoms with van der Waals surface area (Å²) in [6, 6.07) is 14.1. The van der Waals surface area contributed by atoms with Gasteiger partial charge in [0.1, 0.15) is 5.58 Å². The lowest BCUT2D eigenvalue weighted by Crippen LogP contribution is -2.24. The largest absolute Gasteiger partial charge is 0.451 e. The summed E-state index contributed by atoms with van der Waals surface area (Å²) in [5.74, 6) is -0.0540. The van der Waals surface area contributed by atoms with E-state index in [0.717, 1.165) is 10.9 Å². The maximum absolute atomic E-state index is 12.5. The standard InChI is InChI=1S/C18H17N3O3/c1-11-14-8-3-4-9-15(14)24-16(11)17(22)20-12-6-5-7-13(10-12)21-18(23)19-2/h3-10H,1-2H3,(H,20,22)(H2,19,21,23). The number of fused-ring (bicyclic) bond motifs is 1. The Morgan fingerprint density at radius 2 is 1.67 bits per heavy atom. The number of hydrogen-bond acceptors (Lipinski definition) is 3. The number of hydrogen-bond donors (Lipinski definition) is 3. The van der Waals surface area contributed by atoms with Gasteiger partial charge in [-0.15, -0.1) is 0 Å². The summed E-state index contributed by atoms with van der Waals surface area (Å²) in [6.07, 6.45) is 0. The maximum Gasteiger partial charge on any atom is 0.318 e. The van der Waals surface area contributed by atoms with Crippen molar-refractivity contribution in [1.29, 1.82) is 0 Å². The second-order valence-electron chi connectivity index (χ2n) is 5.29. The van der Waals surface area contributed by atoms with E-state index < -0.39 is 0 Å². The van der Waals surface area contributed by atoms with Crippen molar-refractivity contribution in [1.82, 2.24) is 5.32 Å². The van der Waals surface area contributed by atoms with Crippen LogP contribution < -0.4 is 16.0 Å². The second kappa shape index (κ2) is 6.45. The van der Waals surface area contributed by atoms with Gasteiger partial charge in [0.05, 0.1) is 0 Å². The van der Waals surface area contributed by atoms with Crippen LogP contribution in [0, 0.1) is 6.92 Å². The lowest BCUT2D eigenvalue weighted by molar-refractivity contribution is 0.0998. The van der Waals surface area contributed by atoms with Gasteiger partial charge >= 0.3 is 6.03 Å². The summed E-state index contributed by atoms with van der Waals surface area (Å²) < 4.78 is 5.65. The molecule has 0 unspecified atom stereocenters. The van der Waals surface area contributed by atoms with Gasteiger partial charge in [-0.2, -0.15) is 0 Å². The van der Waals surface area contributed by atoms with Gasteiger partial charge in [-0.1, -0.05) is 24.3 Å². The molecule has 0 bridgehead atoms. The summed E-state index contributed by atoms with van der Waals surface area (Å²) in [5.41, 5.74) is 2.61. The molecule has 0 saturated heterocycles. The SMILES string of the molecule is CNC(=O)Nc1cccc(NC(=O)c2oc3ccccc3c2C)c1. The number of carbonyl (C=O) groups is 2. The van der Waals surface area contributed by atoms with E-state index >= 15 is 0 Å². The van der Waals surface area contributed by atoms with Crippen molar-refractivity contribution in [2.24, 2.45) is 0 Å². The number of rotatable bonds is 3. The normalized spacial score (nSPS) is 10.4. The fraction of sp³-hybridized carbons (Fsp3) is 0.111. The molecule has 0 aliphatic rings. The molecular weight excluding hydrogens is 306 g/mol. The first-order valence-electron chi connectivity index (χ1n) is 7.47. The Hall–Kier alpha value is -3.28. The zero-order chi connectivity index (χ0) is 17.1. The Morgan fingerprint density at radius 1 is 0.958 bits per heavy atom. The van der Waals surface area contributed by atoms with E-state index in [1.165, 1.54) is 7.05 Å². The Balaban J connectivity index is 1.82. The van der Waals surface area contributed by atoms with Gasteiger partial charge in [-0.3, -0.25) is 4.79 Å². The summed E-state index contributed by atoms with van der Waals surface area (Å²) in [6.45, 7) is 1.85. The van der Waals surface area contributed by atoms with E-state index in [1.807, 2.05) is 31.2 Å². The smallest absolute Gasteiger partial charge is 0.318 e. The van der Waals surface area contributed by atoms with Gasteiger partial charge in [0.2, 0.25) is 0 Å². The molecule has 3 aromatic rings. The molecule has 0 aliphatic carbocycles. The number of nitrogens with one attached hydrogen (secondary N) is 3. The van der Waals surface area contributed by atoms with Crippen molar-refractivity contribution in [3.63, 3.8) is 0 Å². The van der Waals surface area contributed by atoms with Crippen molar-refractivity contribution in [2.45, 2.75) is 6.92 Å². The third-order valence-electron chi connectivity index (χ3n) is 3.66. The Morgan fingerprint density at radius 3 is 2.38 bits per heavy atom. The monoisotopic (exact) mass is 323 g/mol. The van der Waals surface area contributed by atoms with Crippen LogP contribution in [0.3, 0.4) is 0 Å². The topological polar surface area (TPSA) is 83.4 Å². The second-order valence-corrected chi connectivity index (χ2v) is 5.29. The number of furan rings is 1. The zero-order valence-electron chi connectivity index (χ0n) is 13.3. The van der Waals surface area contributed by atoms with Crippen LogP contribution in [0.5, 0.6) is 0 Å². The summed E-state index contributed by atoms with van der Waals surface area (Å²) in [7, 11) is 1.53. The van der Waals surface area contributed by atoms with Crippen LogP contribution in [0.4, 0.5) is 16.2 Å². The molecule has 0 aliphatic heterocycles. The van der Waals surface area contributed by atoms with Crippen molar-refractivity contribution in [3.05, 3.63) is 59.9 Å². The molecule has 0 radical (unpaired) electrons. The van der Waals surface area contributed by atoms with Gasteiger partial charge in [-0.25, -0.2) is 4.79 Å². The highest BCUT2D eigenvalue weighted by Gasteiger charge is 2.17. The molecule has 3 N–H and O–H groups in total. The number of urea groups is 1. The number of para-hydroxylation sites is 1. The Kier molecular flexibility index (Phi) is 4.20. The molecule has 0 fully saturated rings. The third-order valence-corrected chi connectivity index (χ3v) is 3.66. The minimum atomic E-state index is -0.333. The predicted molar refractivity (Wildman–Crippen MR) is 93.4 cm³/mol. The molecule has 1 heterocycles. The van der Waals surface area contributed by atoms with E-state index in [2.05, 4.69) is 16.0 Å². The van der Waals surface area contributed by atoms with E-state index in [9.17, 15) is 9.59 Å². The molecule has 0 atom stereocenters. The summed E-state index contributed by atoms with van der Waals surface area (Å²) in [4.78, 5) is 23.8. The third kappa shape index (κ3) is 3.08. The van der Waals surface area contributed by atoms with E-state index in [0.29, 0.717) is 17.0 Å². The van der Waals surface area contributed by atoms with Gasteiger partial charge in [0.15, 0.2) is 5.76 Å². The maximum atomic E-state index is 12.5. The molecule has 1 aromatic heterocycles. The highest BCUT2D eigenvalue weighted by atomic mass is 16.3. The molecule has 0 saturated carbocycles. The first kappa shape index (κ1) is 15.6. The van der Waals surface area contributed by atoms with Crippen LogP contribution in [0.1, 0.15) is 16.1 Å². The average Bonchev–Trinajstić information content (AvgIpc) is 2.92. The van der Waals surface area contributed by atoms with Gasteiger partial charge in [0, 0.05) is 29.4 Å². The summed E-state index contributed by atoms with van der Waals surface area (Å²) >= 11 is 0. The highest BCUT2D eigenvalue weighted by Crippen LogP contribution is 2.26. The number of carbonyl (C=O) groups excluding carboxylic acids is 2. The molecule has 6 heteroatoms. The number of amides is 3. The number of benzene rings is 2. The van der Waals surface area contributed by atoms with Crippen molar-refractivity contribution < 1.29 is 14.0 Å². The predicted octanol–water partition coefficient (Wildman–Crippen LogP) is 3.74. The van der Waals surface area contributed by atoms with Crippen molar-refractivity contribution in [3.8, 4) is 0 Å². The molecule has 24 heavy (non-hydrogen) atoms. The van der Waals surface area contributed by atoms with Gasteiger partial charge < -0.3 is 20.4 Å². The van der Waals surface area contributed by atoms with E-state index in [1.54, 1.807) is 24.3 Å². The average molecular weight is 323 g/mol. The Bertz CT molecular complexity index is 915. The lowest BCUT2D eigenvalue weighted by atomic mass is 10.1. The van der Waals surface area contributed by atoms with Crippen LogP contribution in [0.25, 0.3) is 11.0 Å². The van der Waals surface area contributed by atoms with Crippen LogP contribution in [0.15, 0.2) is 52.9 Å². The fourth-order valence-electron chi connectivity index (χ4n) is 2.45. The van der Waals surface area contributed by atoms with Crippen LogP contribution in [-0.2, 0) is 0 Å². The molecule has 3 amide bonds. The quantitative estimate of drug-likeness (QED) is 0.686. The molecule has 122 valence electrons. The Labute approximate surface area is 138 Å². The van der Waals surface area contributed by atoms with Gasteiger partial charge in [0.25, 0.3) is 5.91 Å². The van der Waals surface area contributed by atoms with Crippen LogP contribution in [0.2, 0.25) is 0 Å². The van der Waals surface area contributed by atoms with Crippen LogP contribution >= 0.6 is 0 Å². The number of anilines is 2. The highest BCUT2D eigenvalue weighted by molar-refractivity contribution is 6.06.